The van der Waals surface area contributed by atoms with Crippen LogP contribution >= 0.6 is 0 Å². The highest BCUT2D eigenvalue weighted by atomic mass is 16.3. The molecule has 0 fully saturated rings. The Hall–Kier alpha value is -1.02. The highest BCUT2D eigenvalue weighted by molar-refractivity contribution is 5.52. The van der Waals surface area contributed by atoms with Crippen LogP contribution in [0.3, 0.4) is 0 Å². The maximum absolute atomic E-state index is 8.74. The van der Waals surface area contributed by atoms with Gasteiger partial charge in [-0.05, 0) is 29.5 Å². The van der Waals surface area contributed by atoms with Crippen molar-refractivity contribution in [1.29, 1.82) is 0 Å². The molecule has 0 aromatic heterocycles. The summed E-state index contributed by atoms with van der Waals surface area (Å²) < 4.78 is 0. The van der Waals surface area contributed by atoms with E-state index in [1.54, 1.807) is 0 Å². The summed E-state index contributed by atoms with van der Waals surface area (Å²) in [5, 5.41) is 11.9. The van der Waals surface area contributed by atoms with E-state index in [9.17, 15) is 0 Å². The molecule has 2 N–H and O–H groups in total. The summed E-state index contributed by atoms with van der Waals surface area (Å²) in [6, 6.07) is 6.44. The number of benzene rings is 1. The molecule has 0 saturated carbocycles. The minimum Gasteiger partial charge on any atom is -0.395 e. The second-order valence-electron chi connectivity index (χ2n) is 4.93. The van der Waals surface area contributed by atoms with Crippen LogP contribution in [0.15, 0.2) is 18.2 Å². The van der Waals surface area contributed by atoms with Crippen LogP contribution < -0.4 is 5.32 Å². The Labute approximate surface area is 92.3 Å². The van der Waals surface area contributed by atoms with Gasteiger partial charge in [-0.3, -0.25) is 0 Å². The predicted molar refractivity (Wildman–Crippen MR) is 65.5 cm³/mol. The molecule has 0 atom stereocenters. The molecule has 1 rings (SSSR count). The number of hydrogen-bond donors (Lipinski definition) is 2. The molecule has 0 saturated heterocycles. The number of rotatable bonds is 3. The van der Waals surface area contributed by atoms with E-state index < -0.39 is 0 Å². The van der Waals surface area contributed by atoms with E-state index in [4.69, 9.17) is 5.11 Å². The standard InChI is InChI=1S/C13H21NO/c1-10-9-11(13(2,3)4)5-6-12(10)14-7-8-15/h5-6,9,14-15H,7-8H2,1-4H3. The zero-order valence-corrected chi connectivity index (χ0v) is 10.1. The van der Waals surface area contributed by atoms with Crippen molar-refractivity contribution in [2.75, 3.05) is 18.5 Å². The van der Waals surface area contributed by atoms with Gasteiger partial charge in [-0.15, -0.1) is 0 Å². The molecular formula is C13H21NO. The van der Waals surface area contributed by atoms with Crippen molar-refractivity contribution in [2.24, 2.45) is 0 Å². The zero-order chi connectivity index (χ0) is 11.5. The Kier molecular flexibility index (Phi) is 3.75. The fourth-order valence-corrected chi connectivity index (χ4v) is 1.52. The maximum Gasteiger partial charge on any atom is 0.0604 e. The van der Waals surface area contributed by atoms with Crippen molar-refractivity contribution in [3.8, 4) is 0 Å². The molecule has 2 nitrogen and oxygen atoms in total. The van der Waals surface area contributed by atoms with Gasteiger partial charge in [-0.1, -0.05) is 32.9 Å². The Morgan fingerprint density at radius 3 is 2.40 bits per heavy atom. The van der Waals surface area contributed by atoms with Gasteiger partial charge in [-0.2, -0.15) is 0 Å². The third-order valence-electron chi connectivity index (χ3n) is 2.52. The molecule has 0 unspecified atom stereocenters. The van der Waals surface area contributed by atoms with Gasteiger partial charge >= 0.3 is 0 Å². The lowest BCUT2D eigenvalue weighted by molar-refractivity contribution is 0.311. The van der Waals surface area contributed by atoms with Crippen LogP contribution in [-0.2, 0) is 5.41 Å². The normalized spacial score (nSPS) is 11.5. The van der Waals surface area contributed by atoms with Crippen LogP contribution in [0.5, 0.6) is 0 Å². The molecule has 1 aromatic carbocycles. The molecular weight excluding hydrogens is 186 g/mol. The number of aryl methyl sites for hydroxylation is 1. The average Bonchev–Trinajstić information content (AvgIpc) is 2.14. The smallest absolute Gasteiger partial charge is 0.0604 e. The quantitative estimate of drug-likeness (QED) is 0.798. The Morgan fingerprint density at radius 2 is 1.93 bits per heavy atom. The fraction of sp³-hybridized carbons (Fsp3) is 0.538. The first-order valence-electron chi connectivity index (χ1n) is 5.41. The maximum atomic E-state index is 8.74. The predicted octanol–water partition coefficient (Wildman–Crippen LogP) is 2.70. The number of aliphatic hydroxyl groups is 1. The summed E-state index contributed by atoms with van der Waals surface area (Å²) in [6.07, 6.45) is 0. The van der Waals surface area contributed by atoms with Crippen LogP contribution in [0.25, 0.3) is 0 Å². The minimum absolute atomic E-state index is 0.167. The van der Waals surface area contributed by atoms with Gasteiger partial charge in [0.1, 0.15) is 0 Å². The summed E-state index contributed by atoms with van der Waals surface area (Å²) in [4.78, 5) is 0. The highest BCUT2D eigenvalue weighted by Crippen LogP contribution is 2.26. The molecule has 0 bridgehead atoms. The minimum atomic E-state index is 0.167. The zero-order valence-electron chi connectivity index (χ0n) is 10.1. The topological polar surface area (TPSA) is 32.3 Å². The van der Waals surface area contributed by atoms with Crippen molar-refractivity contribution < 1.29 is 5.11 Å². The second kappa shape index (κ2) is 4.67. The number of hydrogen-bond acceptors (Lipinski definition) is 2. The first-order chi connectivity index (χ1) is 6.95. The van der Waals surface area contributed by atoms with Gasteiger partial charge < -0.3 is 10.4 Å². The summed E-state index contributed by atoms with van der Waals surface area (Å²) in [7, 11) is 0. The largest absolute Gasteiger partial charge is 0.395 e. The van der Waals surface area contributed by atoms with Crippen LogP contribution in [0.2, 0.25) is 0 Å². The lowest BCUT2D eigenvalue weighted by Crippen LogP contribution is -2.12. The van der Waals surface area contributed by atoms with Gasteiger partial charge in [0, 0.05) is 12.2 Å². The SMILES string of the molecule is Cc1cc(C(C)(C)C)ccc1NCCO. The molecule has 0 radical (unpaired) electrons. The van der Waals surface area contributed by atoms with Crippen LogP contribution in [0.1, 0.15) is 31.9 Å². The molecule has 15 heavy (non-hydrogen) atoms. The molecule has 0 amide bonds. The molecule has 2 heteroatoms. The number of aliphatic hydroxyl groups excluding tert-OH is 1. The second-order valence-corrected chi connectivity index (χ2v) is 4.93. The summed E-state index contributed by atoms with van der Waals surface area (Å²) >= 11 is 0. The number of nitrogens with one attached hydrogen (secondary N) is 1. The van der Waals surface area contributed by atoms with E-state index in [0.717, 1.165) is 5.69 Å². The average molecular weight is 207 g/mol. The summed E-state index contributed by atoms with van der Waals surface area (Å²) in [5.74, 6) is 0. The third-order valence-corrected chi connectivity index (χ3v) is 2.52. The fourth-order valence-electron chi connectivity index (χ4n) is 1.52. The monoisotopic (exact) mass is 207 g/mol. The molecule has 0 aliphatic heterocycles. The van der Waals surface area contributed by atoms with Gasteiger partial charge in [0.15, 0.2) is 0 Å². The summed E-state index contributed by atoms with van der Waals surface area (Å²) in [6.45, 7) is 9.50. The first-order valence-corrected chi connectivity index (χ1v) is 5.41. The molecule has 0 heterocycles. The van der Waals surface area contributed by atoms with Gasteiger partial charge in [0.2, 0.25) is 0 Å². The number of anilines is 1. The van der Waals surface area contributed by atoms with Crippen molar-refractivity contribution in [3.63, 3.8) is 0 Å². The Bertz CT molecular complexity index is 326. The van der Waals surface area contributed by atoms with E-state index >= 15 is 0 Å². The summed E-state index contributed by atoms with van der Waals surface area (Å²) in [5.41, 5.74) is 3.88. The van der Waals surface area contributed by atoms with Crippen LogP contribution in [0, 0.1) is 6.92 Å². The van der Waals surface area contributed by atoms with Gasteiger partial charge in [-0.25, -0.2) is 0 Å². The van der Waals surface area contributed by atoms with Crippen LogP contribution in [0.4, 0.5) is 5.69 Å². The van der Waals surface area contributed by atoms with Crippen LogP contribution in [-0.4, -0.2) is 18.3 Å². The van der Waals surface area contributed by atoms with E-state index in [0.29, 0.717) is 6.54 Å². The van der Waals surface area contributed by atoms with E-state index in [2.05, 4.69) is 51.2 Å². The van der Waals surface area contributed by atoms with Gasteiger partial charge in [0.05, 0.1) is 6.61 Å². The van der Waals surface area contributed by atoms with Crippen molar-refractivity contribution in [2.45, 2.75) is 33.1 Å². The lowest BCUT2D eigenvalue weighted by Gasteiger charge is -2.20. The van der Waals surface area contributed by atoms with E-state index in [-0.39, 0.29) is 12.0 Å². The van der Waals surface area contributed by atoms with E-state index in [1.165, 1.54) is 11.1 Å². The molecule has 0 aliphatic rings. The highest BCUT2D eigenvalue weighted by Gasteiger charge is 2.13. The molecule has 0 spiro atoms. The van der Waals surface area contributed by atoms with Crippen molar-refractivity contribution in [1.82, 2.24) is 0 Å². The van der Waals surface area contributed by atoms with Gasteiger partial charge in [0.25, 0.3) is 0 Å². The van der Waals surface area contributed by atoms with Crippen molar-refractivity contribution >= 4 is 5.69 Å². The van der Waals surface area contributed by atoms with Crippen molar-refractivity contribution in [3.05, 3.63) is 29.3 Å². The van der Waals surface area contributed by atoms with E-state index in [1.807, 2.05) is 0 Å². The lowest BCUT2D eigenvalue weighted by atomic mass is 9.86. The molecule has 84 valence electrons. The molecule has 0 aliphatic carbocycles. The first kappa shape index (κ1) is 12.1. The third kappa shape index (κ3) is 3.24. The molecule has 1 aromatic rings. The Balaban J connectivity index is 2.88. The Morgan fingerprint density at radius 1 is 1.27 bits per heavy atom.